The minimum atomic E-state index is -0.408. The first-order chi connectivity index (χ1) is 15.7. The van der Waals surface area contributed by atoms with E-state index in [2.05, 4.69) is 19.1 Å². The highest BCUT2D eigenvalue weighted by atomic mass is 16.6. The molecule has 1 aliphatic carbocycles. The number of carbonyl (C=O) groups is 3. The summed E-state index contributed by atoms with van der Waals surface area (Å²) in [5.74, 6) is 1.81. The van der Waals surface area contributed by atoms with Gasteiger partial charge in [-0.1, -0.05) is 31.5 Å². The van der Waals surface area contributed by atoms with Gasteiger partial charge in [0.1, 0.15) is 24.9 Å². The van der Waals surface area contributed by atoms with E-state index in [1.54, 1.807) is 0 Å². The van der Waals surface area contributed by atoms with Crippen molar-refractivity contribution in [1.82, 2.24) is 4.90 Å². The van der Waals surface area contributed by atoms with Crippen LogP contribution in [0.4, 0.5) is 4.79 Å². The molecular formula is C27H45NO5. The SMILES string of the molecule is C=O.C=O.CC.Cc1ccc(OCCCC2CC3(CCN(C(=O)OC(C)(C)C)CC3)C2)cc1. The van der Waals surface area contributed by atoms with Crippen LogP contribution in [0.3, 0.4) is 0 Å². The van der Waals surface area contributed by atoms with E-state index in [1.165, 1.54) is 24.8 Å². The molecule has 2 fully saturated rings. The van der Waals surface area contributed by atoms with Crippen LogP contribution < -0.4 is 4.74 Å². The molecule has 6 heteroatoms. The van der Waals surface area contributed by atoms with E-state index in [9.17, 15) is 4.79 Å². The molecular weight excluding hydrogens is 418 g/mol. The molecule has 0 radical (unpaired) electrons. The number of likely N-dealkylation sites (tertiary alicyclic amines) is 1. The van der Waals surface area contributed by atoms with Crippen LogP contribution in [-0.2, 0) is 14.3 Å². The lowest BCUT2D eigenvalue weighted by Gasteiger charge is -2.52. The molecule has 1 aliphatic heterocycles. The fraction of sp³-hybridized carbons (Fsp3) is 0.667. The monoisotopic (exact) mass is 463 g/mol. The smallest absolute Gasteiger partial charge is 0.410 e. The van der Waals surface area contributed by atoms with Crippen LogP contribution in [0.2, 0.25) is 0 Å². The second-order valence-corrected chi connectivity index (χ2v) is 9.55. The lowest BCUT2D eigenvalue weighted by atomic mass is 9.56. The topological polar surface area (TPSA) is 72.9 Å². The first-order valence-electron chi connectivity index (χ1n) is 12.0. The Morgan fingerprint density at radius 2 is 1.55 bits per heavy atom. The molecule has 2 aliphatic rings. The van der Waals surface area contributed by atoms with Gasteiger partial charge in [-0.05, 0) is 89.7 Å². The van der Waals surface area contributed by atoms with E-state index >= 15 is 0 Å². The molecule has 1 heterocycles. The number of hydrogen-bond acceptors (Lipinski definition) is 5. The number of amides is 1. The van der Waals surface area contributed by atoms with Gasteiger partial charge in [0.05, 0.1) is 6.61 Å². The van der Waals surface area contributed by atoms with Gasteiger partial charge in [-0.2, -0.15) is 0 Å². The number of hydrogen-bond donors (Lipinski definition) is 0. The molecule has 1 saturated carbocycles. The van der Waals surface area contributed by atoms with Crippen molar-refractivity contribution >= 4 is 19.7 Å². The summed E-state index contributed by atoms with van der Waals surface area (Å²) in [7, 11) is 0. The Hall–Kier alpha value is -2.37. The van der Waals surface area contributed by atoms with Gasteiger partial charge in [-0.15, -0.1) is 0 Å². The van der Waals surface area contributed by atoms with Gasteiger partial charge in [0.25, 0.3) is 0 Å². The fourth-order valence-corrected chi connectivity index (χ4v) is 4.46. The molecule has 1 aromatic rings. The van der Waals surface area contributed by atoms with E-state index in [-0.39, 0.29) is 6.09 Å². The van der Waals surface area contributed by atoms with Crippen LogP contribution in [0.1, 0.15) is 78.7 Å². The molecule has 0 atom stereocenters. The molecule has 1 spiro atoms. The van der Waals surface area contributed by atoms with Gasteiger partial charge in [0, 0.05) is 13.1 Å². The Balaban J connectivity index is 0.00000158. The first kappa shape index (κ1) is 30.6. The van der Waals surface area contributed by atoms with Crippen LogP contribution in [-0.4, -0.2) is 49.9 Å². The van der Waals surface area contributed by atoms with Crippen LogP contribution >= 0.6 is 0 Å². The molecule has 0 aromatic heterocycles. The maximum absolute atomic E-state index is 12.2. The second kappa shape index (κ2) is 15.5. The average molecular weight is 464 g/mol. The summed E-state index contributed by atoms with van der Waals surface area (Å²) in [5.41, 5.74) is 1.34. The lowest BCUT2D eigenvalue weighted by Crippen LogP contribution is -2.49. The van der Waals surface area contributed by atoms with Gasteiger partial charge >= 0.3 is 6.09 Å². The van der Waals surface area contributed by atoms with Crippen molar-refractivity contribution in [2.75, 3.05) is 19.7 Å². The van der Waals surface area contributed by atoms with Crippen LogP contribution in [0, 0.1) is 18.3 Å². The number of piperidine rings is 1. The largest absolute Gasteiger partial charge is 0.494 e. The van der Waals surface area contributed by atoms with E-state index < -0.39 is 5.60 Å². The summed E-state index contributed by atoms with van der Waals surface area (Å²) >= 11 is 0. The predicted octanol–water partition coefficient (Wildman–Crippen LogP) is 6.24. The Morgan fingerprint density at radius 1 is 1.03 bits per heavy atom. The number of ether oxygens (including phenoxy) is 2. The van der Waals surface area contributed by atoms with Gasteiger partial charge in [0.2, 0.25) is 0 Å². The Morgan fingerprint density at radius 3 is 2.03 bits per heavy atom. The maximum atomic E-state index is 12.2. The summed E-state index contributed by atoms with van der Waals surface area (Å²) in [6, 6.07) is 8.28. The van der Waals surface area contributed by atoms with Crippen LogP contribution in [0.25, 0.3) is 0 Å². The van der Waals surface area contributed by atoms with Crippen molar-refractivity contribution < 1.29 is 23.9 Å². The van der Waals surface area contributed by atoms with Crippen molar-refractivity contribution in [1.29, 1.82) is 0 Å². The zero-order valence-electron chi connectivity index (χ0n) is 21.7. The third-order valence-corrected chi connectivity index (χ3v) is 5.97. The molecule has 0 unspecified atom stereocenters. The molecule has 0 bridgehead atoms. The summed E-state index contributed by atoms with van der Waals surface area (Å²) in [6.45, 7) is 18.4. The number of benzene rings is 1. The third-order valence-electron chi connectivity index (χ3n) is 5.97. The summed E-state index contributed by atoms with van der Waals surface area (Å²) in [6.07, 6.45) is 7.12. The highest BCUT2D eigenvalue weighted by molar-refractivity contribution is 5.68. The van der Waals surface area contributed by atoms with Crippen molar-refractivity contribution in [2.45, 2.75) is 85.7 Å². The standard InChI is InChI=1S/C23H35NO3.C2H6.2CH2O/c1-18-7-9-20(10-8-18)26-15-5-6-19-16-23(17-19)11-13-24(14-12-23)21(25)27-22(2,3)4;3*1-2/h7-10,19H,5-6,11-17H2,1-4H3;1-2H3;2*1H2. The second-order valence-electron chi connectivity index (χ2n) is 9.55. The van der Waals surface area contributed by atoms with Gasteiger partial charge in [-0.3, -0.25) is 0 Å². The molecule has 33 heavy (non-hydrogen) atoms. The van der Waals surface area contributed by atoms with Crippen molar-refractivity contribution in [3.8, 4) is 5.75 Å². The number of carbonyl (C=O) groups excluding carboxylic acids is 3. The zero-order chi connectivity index (χ0) is 25.5. The van der Waals surface area contributed by atoms with E-state index in [0.717, 1.165) is 50.6 Å². The number of aryl methyl sites for hydroxylation is 1. The zero-order valence-corrected chi connectivity index (χ0v) is 21.7. The minimum Gasteiger partial charge on any atom is -0.494 e. The summed E-state index contributed by atoms with van der Waals surface area (Å²) < 4.78 is 11.3. The summed E-state index contributed by atoms with van der Waals surface area (Å²) in [5, 5.41) is 0. The Labute approximate surface area is 201 Å². The number of nitrogens with zero attached hydrogens (tertiary/aromatic N) is 1. The summed E-state index contributed by atoms with van der Waals surface area (Å²) in [4.78, 5) is 30.1. The van der Waals surface area contributed by atoms with Crippen molar-refractivity contribution in [2.24, 2.45) is 11.3 Å². The molecule has 6 nitrogen and oxygen atoms in total. The van der Waals surface area contributed by atoms with Gasteiger partial charge < -0.3 is 24.0 Å². The molecule has 0 N–H and O–H groups in total. The maximum Gasteiger partial charge on any atom is 0.410 e. The van der Waals surface area contributed by atoms with Crippen molar-refractivity contribution in [3.63, 3.8) is 0 Å². The van der Waals surface area contributed by atoms with Gasteiger partial charge in [-0.25, -0.2) is 4.79 Å². The molecule has 3 rings (SSSR count). The number of rotatable bonds is 5. The van der Waals surface area contributed by atoms with Gasteiger partial charge in [0.15, 0.2) is 0 Å². The van der Waals surface area contributed by atoms with E-state index in [4.69, 9.17) is 19.1 Å². The Kier molecular flexibility index (Phi) is 14.4. The predicted molar refractivity (Wildman–Crippen MR) is 134 cm³/mol. The Bertz CT molecular complexity index is 650. The van der Waals surface area contributed by atoms with E-state index in [0.29, 0.717) is 5.41 Å². The molecule has 188 valence electrons. The highest BCUT2D eigenvalue weighted by Crippen LogP contribution is 2.54. The molecule has 1 saturated heterocycles. The van der Waals surface area contributed by atoms with E-state index in [1.807, 2.05) is 65.2 Å². The first-order valence-corrected chi connectivity index (χ1v) is 12.0. The third kappa shape index (κ3) is 10.9. The quantitative estimate of drug-likeness (QED) is 0.483. The minimum absolute atomic E-state index is 0.151. The lowest BCUT2D eigenvalue weighted by molar-refractivity contribution is -0.0987. The van der Waals surface area contributed by atoms with Crippen LogP contribution in [0.15, 0.2) is 24.3 Å². The fourth-order valence-electron chi connectivity index (χ4n) is 4.46. The normalized spacial score (nSPS) is 16.5. The average Bonchev–Trinajstić information content (AvgIpc) is 2.80. The molecule has 1 amide bonds. The molecule has 1 aromatic carbocycles. The van der Waals surface area contributed by atoms with Crippen molar-refractivity contribution in [3.05, 3.63) is 29.8 Å². The highest BCUT2D eigenvalue weighted by Gasteiger charge is 2.46. The van der Waals surface area contributed by atoms with Crippen LogP contribution in [0.5, 0.6) is 5.75 Å².